The van der Waals surface area contributed by atoms with Crippen LogP contribution in [0.5, 0.6) is 0 Å². The zero-order chi connectivity index (χ0) is 15.4. The topological polar surface area (TPSA) is 46.2 Å². The van der Waals surface area contributed by atoms with E-state index in [0.29, 0.717) is 17.9 Å². The van der Waals surface area contributed by atoms with Gasteiger partial charge < -0.3 is 10.8 Å². The van der Waals surface area contributed by atoms with Crippen molar-refractivity contribution in [3.05, 3.63) is 71.0 Å². The molecule has 2 atom stereocenters. The quantitative estimate of drug-likeness (QED) is 0.883. The molecule has 3 N–H and O–H groups in total. The van der Waals surface area contributed by atoms with Gasteiger partial charge in [0.25, 0.3) is 0 Å². The third-order valence-electron chi connectivity index (χ3n) is 3.73. The largest absolute Gasteiger partial charge is 0.387 e. The van der Waals surface area contributed by atoms with Crippen molar-refractivity contribution in [2.75, 3.05) is 0 Å². The summed E-state index contributed by atoms with van der Waals surface area (Å²) in [4.78, 5) is 0. The lowest BCUT2D eigenvalue weighted by atomic mass is 9.95. The minimum atomic E-state index is -0.796. The van der Waals surface area contributed by atoms with Gasteiger partial charge in [-0.15, -0.1) is 0 Å². The summed E-state index contributed by atoms with van der Waals surface area (Å²) in [6.07, 6.45) is -0.216. The zero-order valence-electron chi connectivity index (χ0n) is 12.5. The van der Waals surface area contributed by atoms with Crippen molar-refractivity contribution >= 4 is 0 Å². The number of aliphatic hydroxyl groups excluding tert-OH is 1. The summed E-state index contributed by atoms with van der Waals surface area (Å²) in [6.45, 7) is 4.30. The second kappa shape index (κ2) is 6.83. The van der Waals surface area contributed by atoms with E-state index in [4.69, 9.17) is 5.73 Å². The van der Waals surface area contributed by atoms with Gasteiger partial charge in [0.05, 0.1) is 6.10 Å². The lowest BCUT2D eigenvalue weighted by Gasteiger charge is -2.19. The summed E-state index contributed by atoms with van der Waals surface area (Å²) in [5.74, 6) is 0.182. The number of nitrogens with two attached hydrogens (primary N) is 1. The van der Waals surface area contributed by atoms with Crippen LogP contribution in [-0.2, 0) is 6.42 Å². The van der Waals surface area contributed by atoms with Gasteiger partial charge in [0.15, 0.2) is 0 Å². The molecular formula is C18H22FNO. The van der Waals surface area contributed by atoms with Gasteiger partial charge in [-0.2, -0.15) is 0 Å². The Hall–Kier alpha value is -1.71. The third kappa shape index (κ3) is 4.13. The summed E-state index contributed by atoms with van der Waals surface area (Å²) >= 11 is 0. The van der Waals surface area contributed by atoms with Gasteiger partial charge in [-0.05, 0) is 41.2 Å². The van der Waals surface area contributed by atoms with Crippen LogP contribution >= 0.6 is 0 Å². The summed E-state index contributed by atoms with van der Waals surface area (Å²) in [5.41, 5.74) is 9.09. The van der Waals surface area contributed by atoms with Crippen molar-refractivity contribution in [1.29, 1.82) is 0 Å². The molecule has 0 bridgehead atoms. The fourth-order valence-electron chi connectivity index (χ4n) is 2.33. The second-order valence-corrected chi connectivity index (χ2v) is 5.76. The highest BCUT2D eigenvalue weighted by Crippen LogP contribution is 2.20. The molecule has 0 radical (unpaired) electrons. The van der Waals surface area contributed by atoms with Gasteiger partial charge in [-0.1, -0.05) is 50.2 Å². The lowest BCUT2D eigenvalue weighted by molar-refractivity contribution is 0.146. The third-order valence-corrected chi connectivity index (χ3v) is 3.73. The Morgan fingerprint density at radius 3 is 2.00 bits per heavy atom. The van der Waals surface area contributed by atoms with E-state index >= 15 is 0 Å². The molecule has 0 spiro atoms. The molecule has 0 heterocycles. The van der Waals surface area contributed by atoms with Crippen LogP contribution in [0.3, 0.4) is 0 Å². The molecule has 0 amide bonds. The highest BCUT2D eigenvalue weighted by molar-refractivity contribution is 5.26. The molecule has 112 valence electrons. The number of hydrogen-bond acceptors (Lipinski definition) is 2. The molecule has 2 aromatic carbocycles. The van der Waals surface area contributed by atoms with Crippen LogP contribution in [0.4, 0.5) is 4.39 Å². The normalized spacial score (nSPS) is 14.2. The first-order valence-electron chi connectivity index (χ1n) is 7.25. The van der Waals surface area contributed by atoms with Crippen molar-refractivity contribution < 1.29 is 9.50 Å². The maximum Gasteiger partial charge on any atom is 0.123 e. The fourth-order valence-corrected chi connectivity index (χ4v) is 2.33. The molecule has 21 heavy (non-hydrogen) atoms. The summed E-state index contributed by atoms with van der Waals surface area (Å²) in [6, 6.07) is 13.7. The van der Waals surface area contributed by atoms with Crippen molar-refractivity contribution in [3.8, 4) is 0 Å². The molecule has 2 unspecified atom stereocenters. The van der Waals surface area contributed by atoms with Gasteiger partial charge in [-0.25, -0.2) is 4.39 Å². The Morgan fingerprint density at radius 2 is 1.48 bits per heavy atom. The summed E-state index contributed by atoms with van der Waals surface area (Å²) < 4.78 is 12.9. The van der Waals surface area contributed by atoms with Gasteiger partial charge in [0.2, 0.25) is 0 Å². The molecule has 0 fully saturated rings. The number of hydrogen-bond donors (Lipinski definition) is 2. The highest BCUT2D eigenvalue weighted by atomic mass is 19.1. The van der Waals surface area contributed by atoms with Crippen LogP contribution in [0, 0.1) is 5.82 Å². The van der Waals surface area contributed by atoms with E-state index in [1.165, 1.54) is 17.7 Å². The van der Waals surface area contributed by atoms with Gasteiger partial charge in [0, 0.05) is 6.04 Å². The Morgan fingerprint density at radius 1 is 0.952 bits per heavy atom. The van der Waals surface area contributed by atoms with E-state index < -0.39 is 12.1 Å². The monoisotopic (exact) mass is 287 g/mol. The smallest absolute Gasteiger partial charge is 0.123 e. The molecule has 0 saturated heterocycles. The Balaban J connectivity index is 2.03. The molecule has 3 heteroatoms. The Kier molecular flexibility index (Phi) is 5.10. The van der Waals surface area contributed by atoms with Crippen molar-refractivity contribution in [3.63, 3.8) is 0 Å². The van der Waals surface area contributed by atoms with Crippen LogP contribution in [-0.4, -0.2) is 11.1 Å². The standard InChI is InChI=1S/C18H22FNO/c1-12(2)14-5-3-13(4-6-14)11-17(20)18(21)15-7-9-16(19)10-8-15/h3-10,12,17-18,21H,11,20H2,1-2H3. The number of benzene rings is 2. The molecule has 0 aliphatic heterocycles. The van der Waals surface area contributed by atoms with Crippen LogP contribution in [0.25, 0.3) is 0 Å². The van der Waals surface area contributed by atoms with E-state index in [-0.39, 0.29) is 5.82 Å². The first kappa shape index (κ1) is 15.7. The van der Waals surface area contributed by atoms with Crippen LogP contribution < -0.4 is 5.73 Å². The minimum absolute atomic E-state index is 0.316. The molecule has 2 aromatic rings. The first-order chi connectivity index (χ1) is 9.97. The maximum atomic E-state index is 12.9. The van der Waals surface area contributed by atoms with E-state index in [2.05, 4.69) is 26.0 Å². The molecule has 2 nitrogen and oxygen atoms in total. The molecule has 0 aromatic heterocycles. The lowest BCUT2D eigenvalue weighted by Crippen LogP contribution is -2.30. The molecule has 2 rings (SSSR count). The predicted octanol–water partition coefficient (Wildman–Crippen LogP) is 3.55. The van der Waals surface area contributed by atoms with Crippen molar-refractivity contribution in [1.82, 2.24) is 0 Å². The maximum absolute atomic E-state index is 12.9. The molecular weight excluding hydrogens is 265 g/mol. The van der Waals surface area contributed by atoms with Crippen LogP contribution in [0.2, 0.25) is 0 Å². The second-order valence-electron chi connectivity index (χ2n) is 5.76. The average molecular weight is 287 g/mol. The van der Waals surface area contributed by atoms with E-state index in [9.17, 15) is 9.50 Å². The molecule has 0 aliphatic carbocycles. The first-order valence-corrected chi connectivity index (χ1v) is 7.25. The van der Waals surface area contributed by atoms with Crippen LogP contribution in [0.1, 0.15) is 42.6 Å². The predicted molar refractivity (Wildman–Crippen MR) is 83.6 cm³/mol. The zero-order valence-corrected chi connectivity index (χ0v) is 12.5. The minimum Gasteiger partial charge on any atom is -0.387 e. The van der Waals surface area contributed by atoms with Gasteiger partial charge in [-0.3, -0.25) is 0 Å². The number of aliphatic hydroxyl groups is 1. The molecule has 0 saturated carbocycles. The SMILES string of the molecule is CC(C)c1ccc(CC(N)C(O)c2ccc(F)cc2)cc1. The molecule has 0 aliphatic rings. The van der Waals surface area contributed by atoms with Gasteiger partial charge in [0.1, 0.15) is 5.82 Å². The van der Waals surface area contributed by atoms with Gasteiger partial charge >= 0.3 is 0 Å². The van der Waals surface area contributed by atoms with E-state index in [1.54, 1.807) is 12.1 Å². The van der Waals surface area contributed by atoms with Crippen molar-refractivity contribution in [2.24, 2.45) is 5.73 Å². The van der Waals surface area contributed by atoms with Crippen LogP contribution in [0.15, 0.2) is 48.5 Å². The number of rotatable bonds is 5. The summed E-state index contributed by atoms with van der Waals surface area (Å²) in [5, 5.41) is 10.2. The average Bonchev–Trinajstić information content (AvgIpc) is 2.47. The number of halogens is 1. The van der Waals surface area contributed by atoms with Crippen molar-refractivity contribution in [2.45, 2.75) is 38.3 Å². The van der Waals surface area contributed by atoms with E-state index in [0.717, 1.165) is 5.56 Å². The Labute approximate surface area is 125 Å². The van der Waals surface area contributed by atoms with E-state index in [1.807, 2.05) is 12.1 Å². The fraction of sp³-hybridized carbons (Fsp3) is 0.333. The summed E-state index contributed by atoms with van der Waals surface area (Å²) in [7, 11) is 0. The Bertz CT molecular complexity index is 563. The highest BCUT2D eigenvalue weighted by Gasteiger charge is 2.17.